The van der Waals surface area contributed by atoms with Crippen LogP contribution in [0.5, 0.6) is 11.5 Å². The van der Waals surface area contributed by atoms with Gasteiger partial charge in [-0.05, 0) is 25.1 Å². The van der Waals surface area contributed by atoms with E-state index >= 15 is 0 Å². The van der Waals surface area contributed by atoms with Crippen LogP contribution < -0.4 is 5.32 Å². The minimum absolute atomic E-state index is 0.0663. The van der Waals surface area contributed by atoms with Crippen LogP contribution in [0.3, 0.4) is 0 Å². The maximum Gasteiger partial charge on any atom is 0.123 e. The minimum Gasteiger partial charge on any atom is -0.508 e. The van der Waals surface area contributed by atoms with Crippen LogP contribution >= 0.6 is 0 Å². The first-order valence-corrected chi connectivity index (χ1v) is 5.79. The molecule has 0 bridgehead atoms. The third-order valence-electron chi connectivity index (χ3n) is 2.64. The molecule has 0 saturated carbocycles. The molecule has 1 heterocycles. The zero-order valence-electron chi connectivity index (χ0n) is 10.2. The third kappa shape index (κ3) is 3.21. The lowest BCUT2D eigenvalue weighted by Crippen LogP contribution is -2.13. The molecule has 3 N–H and O–H groups in total. The molecule has 4 heteroatoms. The van der Waals surface area contributed by atoms with E-state index in [-0.39, 0.29) is 11.5 Å². The number of aromatic nitrogens is 1. The molecule has 2 rings (SSSR count). The standard InChI is InChI=1S/C14H16N2O2/c1-10-3-2-4-12(16-10)9-15-8-11-5-6-13(17)7-14(11)18/h2-7,15,17-18H,8-9H2,1H3. The van der Waals surface area contributed by atoms with Gasteiger partial charge in [0.15, 0.2) is 0 Å². The molecule has 1 aromatic carbocycles. The van der Waals surface area contributed by atoms with Crippen molar-refractivity contribution >= 4 is 0 Å². The molecule has 0 atom stereocenters. The summed E-state index contributed by atoms with van der Waals surface area (Å²) in [7, 11) is 0. The maximum absolute atomic E-state index is 9.62. The Hall–Kier alpha value is -2.07. The van der Waals surface area contributed by atoms with E-state index in [9.17, 15) is 10.2 Å². The van der Waals surface area contributed by atoms with Crippen LogP contribution in [0.1, 0.15) is 17.0 Å². The predicted molar refractivity (Wildman–Crippen MR) is 69.3 cm³/mol. The molecule has 0 aliphatic rings. The first-order valence-electron chi connectivity index (χ1n) is 5.79. The number of rotatable bonds is 4. The molecular formula is C14H16N2O2. The Bertz CT molecular complexity index is 541. The smallest absolute Gasteiger partial charge is 0.123 e. The Kier molecular flexibility index (Phi) is 3.79. The average Bonchev–Trinajstić information content (AvgIpc) is 2.32. The molecule has 2 aromatic rings. The number of aryl methyl sites for hydroxylation is 1. The van der Waals surface area contributed by atoms with Crippen molar-refractivity contribution in [3.63, 3.8) is 0 Å². The number of phenols is 2. The van der Waals surface area contributed by atoms with Crippen LogP contribution in [0, 0.1) is 6.92 Å². The average molecular weight is 244 g/mol. The summed E-state index contributed by atoms with van der Waals surface area (Å²) in [6, 6.07) is 10.5. The second kappa shape index (κ2) is 5.51. The number of pyridine rings is 1. The van der Waals surface area contributed by atoms with Crippen molar-refractivity contribution in [2.24, 2.45) is 0 Å². The molecule has 0 saturated heterocycles. The van der Waals surface area contributed by atoms with E-state index in [2.05, 4.69) is 10.3 Å². The van der Waals surface area contributed by atoms with E-state index in [1.807, 2.05) is 25.1 Å². The van der Waals surface area contributed by atoms with Gasteiger partial charge in [-0.2, -0.15) is 0 Å². The zero-order chi connectivity index (χ0) is 13.0. The van der Waals surface area contributed by atoms with Crippen LogP contribution in [0.4, 0.5) is 0 Å². The highest BCUT2D eigenvalue weighted by molar-refractivity contribution is 5.38. The van der Waals surface area contributed by atoms with Gasteiger partial charge in [0, 0.05) is 30.4 Å². The Labute approximate surface area is 106 Å². The third-order valence-corrected chi connectivity index (χ3v) is 2.64. The van der Waals surface area contributed by atoms with Crippen LogP contribution in [0.15, 0.2) is 36.4 Å². The molecule has 0 spiro atoms. The molecule has 94 valence electrons. The quantitative estimate of drug-likeness (QED) is 0.770. The van der Waals surface area contributed by atoms with Crippen molar-refractivity contribution in [2.45, 2.75) is 20.0 Å². The second-order valence-electron chi connectivity index (χ2n) is 4.19. The number of nitrogens with zero attached hydrogens (tertiary/aromatic N) is 1. The first kappa shape index (κ1) is 12.4. The summed E-state index contributed by atoms with van der Waals surface area (Å²) >= 11 is 0. The highest BCUT2D eigenvalue weighted by Gasteiger charge is 2.02. The van der Waals surface area contributed by atoms with Gasteiger partial charge in [-0.3, -0.25) is 4.98 Å². The fourth-order valence-electron chi connectivity index (χ4n) is 1.72. The lowest BCUT2D eigenvalue weighted by molar-refractivity contribution is 0.443. The van der Waals surface area contributed by atoms with E-state index in [0.29, 0.717) is 13.1 Å². The van der Waals surface area contributed by atoms with E-state index in [0.717, 1.165) is 17.0 Å². The number of hydrogen-bond donors (Lipinski definition) is 3. The summed E-state index contributed by atoms with van der Waals surface area (Å²) in [6.07, 6.45) is 0. The van der Waals surface area contributed by atoms with Crippen molar-refractivity contribution in [3.05, 3.63) is 53.3 Å². The molecule has 0 fully saturated rings. The van der Waals surface area contributed by atoms with Gasteiger partial charge in [0.05, 0.1) is 5.69 Å². The zero-order valence-corrected chi connectivity index (χ0v) is 10.2. The van der Waals surface area contributed by atoms with Crippen molar-refractivity contribution in [3.8, 4) is 11.5 Å². The lowest BCUT2D eigenvalue weighted by atomic mass is 10.2. The maximum atomic E-state index is 9.62. The molecular weight excluding hydrogens is 228 g/mol. The van der Waals surface area contributed by atoms with Gasteiger partial charge in [-0.15, -0.1) is 0 Å². The summed E-state index contributed by atoms with van der Waals surface area (Å²) in [5.41, 5.74) is 2.70. The fourth-order valence-corrected chi connectivity index (χ4v) is 1.72. The van der Waals surface area contributed by atoms with E-state index < -0.39 is 0 Å². The lowest BCUT2D eigenvalue weighted by Gasteiger charge is -2.07. The van der Waals surface area contributed by atoms with Crippen LogP contribution in [-0.4, -0.2) is 15.2 Å². The Balaban J connectivity index is 1.92. The van der Waals surface area contributed by atoms with Crippen molar-refractivity contribution < 1.29 is 10.2 Å². The summed E-state index contributed by atoms with van der Waals surface area (Å²) in [5, 5.41) is 22.0. The number of hydrogen-bond acceptors (Lipinski definition) is 4. The molecule has 0 unspecified atom stereocenters. The summed E-state index contributed by atoms with van der Waals surface area (Å²) in [5.74, 6) is 0.163. The van der Waals surface area contributed by atoms with Crippen LogP contribution in [-0.2, 0) is 13.1 Å². The predicted octanol–water partition coefficient (Wildman–Crippen LogP) is 2.09. The summed E-state index contributed by atoms with van der Waals surface area (Å²) < 4.78 is 0. The van der Waals surface area contributed by atoms with E-state index in [4.69, 9.17) is 0 Å². The van der Waals surface area contributed by atoms with Crippen LogP contribution in [0.2, 0.25) is 0 Å². The number of aromatic hydroxyl groups is 2. The number of benzene rings is 1. The second-order valence-corrected chi connectivity index (χ2v) is 4.19. The van der Waals surface area contributed by atoms with Gasteiger partial charge in [-0.25, -0.2) is 0 Å². The summed E-state index contributed by atoms with van der Waals surface area (Å²) in [6.45, 7) is 3.12. The van der Waals surface area contributed by atoms with Gasteiger partial charge in [-0.1, -0.05) is 12.1 Å². The van der Waals surface area contributed by atoms with Crippen molar-refractivity contribution in [1.29, 1.82) is 0 Å². The Morgan fingerprint density at radius 3 is 2.67 bits per heavy atom. The van der Waals surface area contributed by atoms with Gasteiger partial charge in [0.1, 0.15) is 11.5 Å². The SMILES string of the molecule is Cc1cccc(CNCc2ccc(O)cc2O)n1. The molecule has 0 radical (unpaired) electrons. The normalized spacial score (nSPS) is 10.5. The van der Waals surface area contributed by atoms with Crippen molar-refractivity contribution in [1.82, 2.24) is 10.3 Å². The molecule has 4 nitrogen and oxygen atoms in total. The van der Waals surface area contributed by atoms with Crippen molar-refractivity contribution in [2.75, 3.05) is 0 Å². The Morgan fingerprint density at radius 1 is 1.11 bits per heavy atom. The topological polar surface area (TPSA) is 65.4 Å². The van der Waals surface area contributed by atoms with Crippen LogP contribution in [0.25, 0.3) is 0 Å². The molecule has 0 amide bonds. The van der Waals surface area contributed by atoms with Gasteiger partial charge >= 0.3 is 0 Å². The van der Waals surface area contributed by atoms with E-state index in [1.165, 1.54) is 6.07 Å². The van der Waals surface area contributed by atoms with E-state index in [1.54, 1.807) is 12.1 Å². The van der Waals surface area contributed by atoms with Gasteiger partial charge in [0.2, 0.25) is 0 Å². The van der Waals surface area contributed by atoms with Gasteiger partial charge in [0.25, 0.3) is 0 Å². The molecule has 0 aliphatic heterocycles. The summed E-state index contributed by atoms with van der Waals surface area (Å²) in [4.78, 5) is 4.38. The first-order chi connectivity index (χ1) is 8.65. The van der Waals surface area contributed by atoms with Gasteiger partial charge < -0.3 is 15.5 Å². The Morgan fingerprint density at radius 2 is 1.94 bits per heavy atom. The minimum atomic E-state index is 0.0663. The molecule has 1 aromatic heterocycles. The highest BCUT2D eigenvalue weighted by Crippen LogP contribution is 2.22. The largest absolute Gasteiger partial charge is 0.508 e. The molecule has 0 aliphatic carbocycles. The highest BCUT2D eigenvalue weighted by atomic mass is 16.3. The number of phenolic OH excluding ortho intramolecular Hbond substituents is 2. The number of nitrogens with one attached hydrogen (secondary N) is 1. The fraction of sp³-hybridized carbons (Fsp3) is 0.214. The molecule has 18 heavy (non-hydrogen) atoms. The monoisotopic (exact) mass is 244 g/mol.